The first-order chi connectivity index (χ1) is 7.38. The van der Waals surface area contributed by atoms with E-state index < -0.39 is 0 Å². The van der Waals surface area contributed by atoms with Crippen molar-refractivity contribution in [2.45, 2.75) is 20.0 Å². The molecule has 1 N–H and O–H groups in total. The standard InChI is InChI=1S/C11H19N3S/c1-3-8-15-9-7-12-10-11-5-6-13-14(11)4-2/h3,5-6,12H,1,4,7-10H2,2H3. The van der Waals surface area contributed by atoms with Crippen LogP contribution in [0.15, 0.2) is 24.9 Å². The largest absolute Gasteiger partial charge is 0.310 e. The van der Waals surface area contributed by atoms with E-state index >= 15 is 0 Å². The monoisotopic (exact) mass is 225 g/mol. The molecule has 84 valence electrons. The van der Waals surface area contributed by atoms with Gasteiger partial charge in [-0.1, -0.05) is 6.08 Å². The Morgan fingerprint density at radius 1 is 1.67 bits per heavy atom. The van der Waals surface area contributed by atoms with Crippen molar-refractivity contribution in [3.63, 3.8) is 0 Å². The molecule has 0 bridgehead atoms. The molecule has 1 aromatic heterocycles. The van der Waals surface area contributed by atoms with Gasteiger partial charge in [-0.25, -0.2) is 0 Å². The summed E-state index contributed by atoms with van der Waals surface area (Å²) in [6.45, 7) is 8.68. The van der Waals surface area contributed by atoms with Gasteiger partial charge in [0.05, 0.1) is 5.69 Å². The zero-order valence-electron chi connectivity index (χ0n) is 9.28. The number of nitrogens with one attached hydrogen (secondary N) is 1. The molecule has 0 atom stereocenters. The molecule has 0 saturated heterocycles. The van der Waals surface area contributed by atoms with Crippen LogP contribution in [0.5, 0.6) is 0 Å². The van der Waals surface area contributed by atoms with E-state index in [4.69, 9.17) is 0 Å². The van der Waals surface area contributed by atoms with Gasteiger partial charge in [0.15, 0.2) is 0 Å². The quantitative estimate of drug-likeness (QED) is 0.541. The van der Waals surface area contributed by atoms with Crippen molar-refractivity contribution in [1.82, 2.24) is 15.1 Å². The Morgan fingerprint density at radius 2 is 2.53 bits per heavy atom. The van der Waals surface area contributed by atoms with E-state index in [-0.39, 0.29) is 0 Å². The molecule has 0 radical (unpaired) electrons. The molecule has 0 saturated carbocycles. The Morgan fingerprint density at radius 3 is 3.27 bits per heavy atom. The van der Waals surface area contributed by atoms with Crippen LogP contribution in [0, 0.1) is 0 Å². The molecule has 0 unspecified atom stereocenters. The smallest absolute Gasteiger partial charge is 0.0521 e. The fourth-order valence-electron chi connectivity index (χ4n) is 1.32. The van der Waals surface area contributed by atoms with Crippen LogP contribution in [0.25, 0.3) is 0 Å². The lowest BCUT2D eigenvalue weighted by Gasteiger charge is -2.06. The van der Waals surface area contributed by atoms with Crippen molar-refractivity contribution < 1.29 is 0 Å². The predicted octanol–water partition coefficient (Wildman–Crippen LogP) is 1.91. The summed E-state index contributed by atoms with van der Waals surface area (Å²) in [7, 11) is 0. The zero-order valence-corrected chi connectivity index (χ0v) is 10.1. The number of thioether (sulfide) groups is 1. The number of nitrogens with zero attached hydrogens (tertiary/aromatic N) is 2. The Hall–Kier alpha value is -0.740. The molecule has 15 heavy (non-hydrogen) atoms. The van der Waals surface area contributed by atoms with Gasteiger partial charge in [0.2, 0.25) is 0 Å². The summed E-state index contributed by atoms with van der Waals surface area (Å²) in [5.41, 5.74) is 1.26. The third-order valence-electron chi connectivity index (χ3n) is 2.07. The first-order valence-electron chi connectivity index (χ1n) is 5.28. The van der Waals surface area contributed by atoms with Crippen molar-refractivity contribution in [3.8, 4) is 0 Å². The van der Waals surface area contributed by atoms with Crippen LogP contribution < -0.4 is 5.32 Å². The molecule has 0 fully saturated rings. The van der Waals surface area contributed by atoms with Crippen molar-refractivity contribution in [3.05, 3.63) is 30.6 Å². The lowest BCUT2D eigenvalue weighted by Crippen LogP contribution is -2.19. The van der Waals surface area contributed by atoms with Crippen molar-refractivity contribution in [1.29, 1.82) is 0 Å². The lowest BCUT2D eigenvalue weighted by molar-refractivity contribution is 0.591. The summed E-state index contributed by atoms with van der Waals surface area (Å²) in [6.07, 6.45) is 3.80. The van der Waals surface area contributed by atoms with Gasteiger partial charge >= 0.3 is 0 Å². The van der Waals surface area contributed by atoms with Crippen LogP contribution in [0.1, 0.15) is 12.6 Å². The third-order valence-corrected chi connectivity index (χ3v) is 3.03. The van der Waals surface area contributed by atoms with Gasteiger partial charge in [0.1, 0.15) is 0 Å². The van der Waals surface area contributed by atoms with Crippen LogP contribution in [-0.2, 0) is 13.1 Å². The maximum atomic E-state index is 4.22. The summed E-state index contributed by atoms with van der Waals surface area (Å²) < 4.78 is 2.02. The fourth-order valence-corrected chi connectivity index (χ4v) is 1.94. The van der Waals surface area contributed by atoms with E-state index in [1.54, 1.807) is 0 Å². The molecule has 0 amide bonds. The van der Waals surface area contributed by atoms with E-state index in [1.807, 2.05) is 28.7 Å². The average molecular weight is 225 g/mol. The Balaban J connectivity index is 2.12. The van der Waals surface area contributed by atoms with Gasteiger partial charge < -0.3 is 5.32 Å². The van der Waals surface area contributed by atoms with Gasteiger partial charge in [-0.05, 0) is 13.0 Å². The Labute approximate surface area is 95.9 Å². The van der Waals surface area contributed by atoms with Crippen molar-refractivity contribution in [2.24, 2.45) is 0 Å². The minimum atomic E-state index is 0.905. The molecule has 0 aliphatic rings. The lowest BCUT2D eigenvalue weighted by atomic mass is 10.4. The Bertz CT molecular complexity index is 283. The first-order valence-corrected chi connectivity index (χ1v) is 6.44. The molecule has 1 heterocycles. The molecule has 3 nitrogen and oxygen atoms in total. The molecule has 0 aliphatic heterocycles. The number of aromatic nitrogens is 2. The van der Waals surface area contributed by atoms with Crippen LogP contribution in [0.3, 0.4) is 0 Å². The topological polar surface area (TPSA) is 29.9 Å². The second-order valence-electron chi connectivity index (χ2n) is 3.18. The summed E-state index contributed by atoms with van der Waals surface area (Å²) >= 11 is 1.90. The average Bonchev–Trinajstić information content (AvgIpc) is 2.70. The molecule has 4 heteroatoms. The van der Waals surface area contributed by atoms with Crippen molar-refractivity contribution >= 4 is 11.8 Å². The summed E-state index contributed by atoms with van der Waals surface area (Å²) in [5.74, 6) is 2.17. The second-order valence-corrected chi connectivity index (χ2v) is 4.33. The SMILES string of the molecule is C=CCSCCNCc1ccnn1CC. The molecule has 0 aromatic carbocycles. The van der Waals surface area contributed by atoms with Gasteiger partial charge in [-0.15, -0.1) is 6.58 Å². The van der Waals surface area contributed by atoms with E-state index in [9.17, 15) is 0 Å². The minimum Gasteiger partial charge on any atom is -0.310 e. The van der Waals surface area contributed by atoms with Crippen molar-refractivity contribution in [2.75, 3.05) is 18.1 Å². The van der Waals surface area contributed by atoms with Crippen LogP contribution in [0.2, 0.25) is 0 Å². The molecule has 0 spiro atoms. The van der Waals surface area contributed by atoms with E-state index in [1.165, 1.54) is 5.69 Å². The van der Waals surface area contributed by atoms with Gasteiger partial charge in [-0.2, -0.15) is 16.9 Å². The maximum absolute atomic E-state index is 4.22. The first kappa shape index (κ1) is 12.3. The maximum Gasteiger partial charge on any atom is 0.0521 e. The highest BCUT2D eigenvalue weighted by atomic mass is 32.2. The highest BCUT2D eigenvalue weighted by Crippen LogP contribution is 2.00. The number of hydrogen-bond acceptors (Lipinski definition) is 3. The van der Waals surface area contributed by atoms with Gasteiger partial charge in [0, 0.05) is 37.3 Å². The molecule has 1 aromatic rings. The fraction of sp³-hybridized carbons (Fsp3) is 0.545. The molecular formula is C11H19N3S. The van der Waals surface area contributed by atoms with Crippen LogP contribution in [-0.4, -0.2) is 27.8 Å². The van der Waals surface area contributed by atoms with Crippen LogP contribution in [0.4, 0.5) is 0 Å². The zero-order chi connectivity index (χ0) is 10.9. The number of hydrogen-bond donors (Lipinski definition) is 1. The highest BCUT2D eigenvalue weighted by Gasteiger charge is 1.98. The second kappa shape index (κ2) is 7.54. The molecule has 0 aliphatic carbocycles. The number of aryl methyl sites for hydroxylation is 1. The van der Waals surface area contributed by atoms with E-state index in [0.29, 0.717) is 0 Å². The van der Waals surface area contributed by atoms with Crippen LogP contribution >= 0.6 is 11.8 Å². The van der Waals surface area contributed by atoms with Gasteiger partial charge in [-0.3, -0.25) is 4.68 Å². The summed E-state index contributed by atoms with van der Waals surface area (Å²) in [4.78, 5) is 0. The summed E-state index contributed by atoms with van der Waals surface area (Å²) in [6, 6.07) is 2.06. The third kappa shape index (κ3) is 4.53. The van der Waals surface area contributed by atoms with E-state index in [0.717, 1.165) is 31.1 Å². The number of rotatable bonds is 8. The normalized spacial score (nSPS) is 10.5. The van der Waals surface area contributed by atoms with E-state index in [2.05, 4.69) is 30.0 Å². The molecule has 1 rings (SSSR count). The molecular weight excluding hydrogens is 206 g/mol. The minimum absolute atomic E-state index is 0.905. The van der Waals surface area contributed by atoms with Gasteiger partial charge in [0.25, 0.3) is 0 Å². The Kier molecular flexibility index (Phi) is 6.20. The highest BCUT2D eigenvalue weighted by molar-refractivity contribution is 7.99. The summed E-state index contributed by atoms with van der Waals surface area (Å²) in [5, 5.41) is 7.63. The predicted molar refractivity (Wildman–Crippen MR) is 67.1 cm³/mol.